The fourth-order valence-corrected chi connectivity index (χ4v) is 1.82. The van der Waals surface area contributed by atoms with Crippen LogP contribution < -0.4 is 5.32 Å². The monoisotopic (exact) mass is 253 g/mol. The molecule has 0 saturated carbocycles. The van der Waals surface area contributed by atoms with Crippen LogP contribution >= 0.6 is 11.3 Å². The molecule has 2 aromatic heterocycles. The number of thiophene rings is 1. The van der Waals surface area contributed by atoms with E-state index in [1.54, 1.807) is 7.05 Å². The van der Waals surface area contributed by atoms with Crippen molar-refractivity contribution in [2.75, 3.05) is 5.32 Å². The molecule has 0 aromatic carbocycles. The Morgan fingerprint density at radius 1 is 1.59 bits per heavy atom. The molecule has 0 radical (unpaired) electrons. The molecule has 9 heteroatoms. The number of nitrogens with one attached hydrogen (secondary N) is 1. The van der Waals surface area contributed by atoms with Crippen molar-refractivity contribution in [3.8, 4) is 0 Å². The zero-order chi connectivity index (χ0) is 12.4. The lowest BCUT2D eigenvalue weighted by molar-refractivity contribution is -0.380. The van der Waals surface area contributed by atoms with E-state index in [1.807, 2.05) is 0 Å². The van der Waals surface area contributed by atoms with Gasteiger partial charge in [0.05, 0.1) is 9.80 Å². The largest absolute Gasteiger partial charge is 0.324 e. The Labute approximate surface area is 99.0 Å². The van der Waals surface area contributed by atoms with Gasteiger partial charge in [-0.25, -0.2) is 0 Å². The van der Waals surface area contributed by atoms with Gasteiger partial charge in [-0.15, -0.1) is 10.2 Å². The highest BCUT2D eigenvalue weighted by Gasteiger charge is 2.16. The van der Waals surface area contributed by atoms with E-state index in [1.165, 1.54) is 23.0 Å². The van der Waals surface area contributed by atoms with E-state index < -0.39 is 10.8 Å². The molecular weight excluding hydrogens is 246 g/mol. The van der Waals surface area contributed by atoms with Crippen molar-refractivity contribution >= 4 is 28.2 Å². The summed E-state index contributed by atoms with van der Waals surface area (Å²) in [5.41, 5.74) is 0. The molecule has 0 aliphatic heterocycles. The van der Waals surface area contributed by atoms with Crippen molar-refractivity contribution in [2.45, 2.75) is 0 Å². The Morgan fingerprint density at radius 3 is 2.88 bits per heavy atom. The Bertz CT molecular complexity index is 575. The second-order valence-electron chi connectivity index (χ2n) is 3.11. The molecule has 8 nitrogen and oxygen atoms in total. The molecule has 0 aliphatic carbocycles. The number of aryl methyl sites for hydroxylation is 1. The number of hydrogen-bond acceptors (Lipinski definition) is 6. The minimum atomic E-state index is -0.538. The summed E-state index contributed by atoms with van der Waals surface area (Å²) in [5, 5.41) is 20.2. The molecular formula is C8H7N5O3S. The van der Waals surface area contributed by atoms with Gasteiger partial charge < -0.3 is 4.57 Å². The lowest BCUT2D eigenvalue weighted by Gasteiger charge is -2.00. The third-order valence-corrected chi connectivity index (χ3v) is 2.97. The summed E-state index contributed by atoms with van der Waals surface area (Å²) in [6, 6.07) is 2.69. The molecule has 0 spiro atoms. The number of nitro groups is 1. The van der Waals surface area contributed by atoms with Gasteiger partial charge in [-0.1, -0.05) is 11.3 Å². The van der Waals surface area contributed by atoms with E-state index in [-0.39, 0.29) is 15.8 Å². The van der Waals surface area contributed by atoms with E-state index >= 15 is 0 Å². The minimum absolute atomic E-state index is 0.0758. The molecule has 88 valence electrons. The fraction of sp³-hybridized carbons (Fsp3) is 0.125. The summed E-state index contributed by atoms with van der Waals surface area (Å²) in [7, 11) is 1.67. The molecule has 0 bridgehead atoms. The standard InChI is InChI=1S/C8H7N5O3S/c1-12-4-9-11-8(12)10-7(14)5-2-3-6(17-5)13(15)16/h2-4H,1H3,(H,10,11,14). The van der Waals surface area contributed by atoms with Gasteiger partial charge in [-0.2, -0.15) is 0 Å². The summed E-state index contributed by atoms with van der Waals surface area (Å²) in [4.78, 5) is 21.9. The van der Waals surface area contributed by atoms with E-state index in [0.717, 1.165) is 11.3 Å². The van der Waals surface area contributed by atoms with Gasteiger partial charge in [0.2, 0.25) is 5.95 Å². The van der Waals surface area contributed by atoms with Gasteiger partial charge in [-0.3, -0.25) is 20.2 Å². The highest BCUT2D eigenvalue weighted by molar-refractivity contribution is 7.17. The average molecular weight is 253 g/mol. The Hall–Kier alpha value is -2.29. The Balaban J connectivity index is 2.15. The second-order valence-corrected chi connectivity index (χ2v) is 4.18. The van der Waals surface area contributed by atoms with Crippen molar-refractivity contribution < 1.29 is 9.72 Å². The highest BCUT2D eigenvalue weighted by atomic mass is 32.1. The number of nitrogens with zero attached hydrogens (tertiary/aromatic N) is 4. The number of carbonyl (C=O) groups excluding carboxylic acids is 1. The molecule has 2 aromatic rings. The van der Waals surface area contributed by atoms with Gasteiger partial charge in [0.15, 0.2) is 0 Å². The predicted octanol–water partition coefficient (Wildman–Crippen LogP) is 1.04. The zero-order valence-electron chi connectivity index (χ0n) is 8.65. The molecule has 17 heavy (non-hydrogen) atoms. The third-order valence-electron chi connectivity index (χ3n) is 1.93. The van der Waals surface area contributed by atoms with Gasteiger partial charge in [0.1, 0.15) is 6.33 Å². The van der Waals surface area contributed by atoms with Gasteiger partial charge >= 0.3 is 5.00 Å². The predicted molar refractivity (Wildman–Crippen MR) is 59.9 cm³/mol. The minimum Gasteiger partial charge on any atom is -0.303 e. The lowest BCUT2D eigenvalue weighted by Crippen LogP contribution is -2.13. The molecule has 0 unspecified atom stereocenters. The quantitative estimate of drug-likeness (QED) is 0.650. The lowest BCUT2D eigenvalue weighted by atomic mass is 10.4. The van der Waals surface area contributed by atoms with Crippen LogP contribution in [0.25, 0.3) is 0 Å². The smallest absolute Gasteiger partial charge is 0.303 e. The van der Waals surface area contributed by atoms with Crippen molar-refractivity contribution in [3.63, 3.8) is 0 Å². The molecule has 0 aliphatic rings. The van der Waals surface area contributed by atoms with Crippen molar-refractivity contribution in [1.82, 2.24) is 14.8 Å². The Kier molecular flexibility index (Phi) is 2.83. The van der Waals surface area contributed by atoms with E-state index in [0.29, 0.717) is 0 Å². The molecule has 1 N–H and O–H groups in total. The van der Waals surface area contributed by atoms with Crippen LogP contribution in [0.4, 0.5) is 10.9 Å². The number of rotatable bonds is 3. The SMILES string of the molecule is Cn1cnnc1NC(=O)c1ccc([N+](=O)[O-])s1. The Morgan fingerprint density at radius 2 is 2.35 bits per heavy atom. The van der Waals surface area contributed by atoms with E-state index in [4.69, 9.17) is 0 Å². The number of hydrogen-bond donors (Lipinski definition) is 1. The molecule has 0 fully saturated rings. The van der Waals surface area contributed by atoms with Crippen LogP contribution in [0.15, 0.2) is 18.5 Å². The number of amides is 1. The van der Waals surface area contributed by atoms with Crippen LogP contribution in [0.2, 0.25) is 0 Å². The van der Waals surface area contributed by atoms with Crippen molar-refractivity contribution in [2.24, 2.45) is 7.05 Å². The topological polar surface area (TPSA) is 103 Å². The van der Waals surface area contributed by atoms with Gasteiger partial charge in [0.25, 0.3) is 5.91 Å². The molecule has 2 rings (SSSR count). The highest BCUT2D eigenvalue weighted by Crippen LogP contribution is 2.24. The van der Waals surface area contributed by atoms with Crippen LogP contribution in [-0.4, -0.2) is 25.6 Å². The first kappa shape index (κ1) is 11.2. The first-order valence-corrected chi connectivity index (χ1v) is 5.29. The second kappa shape index (κ2) is 4.29. The van der Waals surface area contributed by atoms with Crippen LogP contribution in [0.3, 0.4) is 0 Å². The summed E-state index contributed by atoms with van der Waals surface area (Å²) in [5.74, 6) is -0.162. The van der Waals surface area contributed by atoms with Crippen molar-refractivity contribution in [3.05, 3.63) is 33.5 Å². The van der Waals surface area contributed by atoms with E-state index in [2.05, 4.69) is 15.5 Å². The maximum Gasteiger partial charge on any atom is 0.324 e. The first-order valence-electron chi connectivity index (χ1n) is 4.47. The van der Waals surface area contributed by atoms with Crippen LogP contribution in [0.1, 0.15) is 9.67 Å². The van der Waals surface area contributed by atoms with Crippen LogP contribution in [0, 0.1) is 10.1 Å². The molecule has 0 atom stereocenters. The van der Waals surface area contributed by atoms with Gasteiger partial charge in [-0.05, 0) is 6.07 Å². The summed E-state index contributed by atoms with van der Waals surface area (Å²) in [6.07, 6.45) is 1.44. The number of aromatic nitrogens is 3. The van der Waals surface area contributed by atoms with Crippen LogP contribution in [-0.2, 0) is 7.05 Å². The number of carbonyl (C=O) groups is 1. The fourth-order valence-electron chi connectivity index (χ4n) is 1.11. The van der Waals surface area contributed by atoms with Crippen LogP contribution in [0.5, 0.6) is 0 Å². The molecule has 2 heterocycles. The molecule has 1 amide bonds. The average Bonchev–Trinajstić information content (AvgIpc) is 2.88. The maximum absolute atomic E-state index is 11.7. The normalized spacial score (nSPS) is 10.2. The van der Waals surface area contributed by atoms with E-state index in [9.17, 15) is 14.9 Å². The first-order chi connectivity index (χ1) is 8.08. The van der Waals surface area contributed by atoms with Gasteiger partial charge in [0, 0.05) is 13.1 Å². The summed E-state index contributed by atoms with van der Waals surface area (Å²) >= 11 is 0.808. The molecule has 0 saturated heterocycles. The van der Waals surface area contributed by atoms with Crippen molar-refractivity contribution in [1.29, 1.82) is 0 Å². The maximum atomic E-state index is 11.7. The zero-order valence-corrected chi connectivity index (χ0v) is 9.47. The summed E-state index contributed by atoms with van der Waals surface area (Å²) in [6.45, 7) is 0. The number of anilines is 1. The summed E-state index contributed by atoms with van der Waals surface area (Å²) < 4.78 is 1.53. The third kappa shape index (κ3) is 2.28.